The first kappa shape index (κ1) is 43.8. The number of likely N-dealkylation sites (N-methyl/N-ethyl adjacent to an activating group) is 1. The molecule has 64 heavy (non-hydrogen) atoms. The minimum Gasteiger partial charge on any atom is -0.504 e. The number of hydrogen-bond donors (Lipinski definition) is 2. The van der Waals surface area contributed by atoms with Crippen molar-refractivity contribution < 1.29 is 57.4 Å². The number of carbonyl (C=O) groups is 3. The van der Waals surface area contributed by atoms with Gasteiger partial charge in [0.15, 0.2) is 40.0 Å². The normalized spacial score (nSPS) is 26.7. The lowest BCUT2D eigenvalue weighted by Gasteiger charge is -2.62. The van der Waals surface area contributed by atoms with Crippen LogP contribution >= 0.6 is 11.8 Å². The fraction of sp³-hybridized carbons (Fsp3) is 0.532. The van der Waals surface area contributed by atoms with Crippen molar-refractivity contribution in [2.24, 2.45) is 0 Å². The van der Waals surface area contributed by atoms with E-state index in [9.17, 15) is 20.0 Å². The molecule has 0 aliphatic carbocycles. The topological polar surface area (TPSA) is 188 Å². The molecule has 7 heterocycles. The molecule has 2 fully saturated rings. The molecule has 4 bridgehead atoms. The van der Waals surface area contributed by atoms with Gasteiger partial charge in [-0.15, -0.1) is 11.8 Å². The smallest absolute Gasteiger partial charge is 0.504 e. The molecule has 17 heteroatoms. The van der Waals surface area contributed by atoms with Crippen molar-refractivity contribution >= 4 is 29.9 Å². The Kier molecular flexibility index (Phi) is 11.1. The Bertz CT molecular complexity index is 2500. The number of thioether (sulfide) groups is 1. The number of carbonyl (C=O) groups excluding carboxylic acids is 3. The largest absolute Gasteiger partial charge is 0.514 e. The molecule has 1 spiro atoms. The summed E-state index contributed by atoms with van der Waals surface area (Å²) in [6, 6.07) is 5.19. The number of nitriles is 1. The van der Waals surface area contributed by atoms with Gasteiger partial charge in [-0.25, -0.2) is 9.59 Å². The predicted octanol–water partition coefficient (Wildman–Crippen LogP) is 6.38. The number of aromatic hydroxyl groups is 1. The minimum atomic E-state index is -1.45. The van der Waals surface area contributed by atoms with E-state index in [2.05, 4.69) is 21.2 Å². The molecule has 0 aromatic heterocycles. The molecule has 340 valence electrons. The number of nitrogens with one attached hydrogen (secondary N) is 1. The molecule has 2 saturated heterocycles. The summed E-state index contributed by atoms with van der Waals surface area (Å²) in [5.74, 6) is 1.10. The molecule has 7 aliphatic heterocycles. The fourth-order valence-electron chi connectivity index (χ4n) is 10.8. The summed E-state index contributed by atoms with van der Waals surface area (Å²) in [5, 5.41) is 26.4. The molecular weight excluding hydrogens is 845 g/mol. The van der Waals surface area contributed by atoms with Gasteiger partial charge in [-0.3, -0.25) is 19.9 Å². The van der Waals surface area contributed by atoms with E-state index in [0.717, 1.165) is 16.7 Å². The van der Waals surface area contributed by atoms with E-state index in [1.54, 1.807) is 32.9 Å². The summed E-state index contributed by atoms with van der Waals surface area (Å²) in [5.41, 5.74) is 3.36. The van der Waals surface area contributed by atoms with E-state index in [4.69, 9.17) is 37.9 Å². The first-order valence-electron chi connectivity index (χ1n) is 21.7. The summed E-state index contributed by atoms with van der Waals surface area (Å²) in [6.45, 7) is 11.0. The number of methoxy groups -OCH3 is 2. The number of esters is 2. The maximum atomic E-state index is 15.1. The molecule has 0 amide bonds. The lowest BCUT2D eigenvalue weighted by molar-refractivity contribution is -0.157. The van der Waals surface area contributed by atoms with Gasteiger partial charge in [0.2, 0.25) is 6.79 Å². The SMILES string of the molecule is CCCC(=O)Oc1c(C)c2c(c3c1[C@H]1SC[C@]4(NCCc5cc(OC(=O)OC(C)(C)C)c(OC)cc54)C(=O)OC[C@@H]3N3C1[C@@H]1c4c(cc(C)c(OC)c4O)C[C@@H]([C@@H]3C#N)N1C)OCO2. The maximum absolute atomic E-state index is 15.1. The van der Waals surface area contributed by atoms with Gasteiger partial charge in [-0.05, 0) is 95.3 Å². The van der Waals surface area contributed by atoms with Crippen LogP contribution in [0.3, 0.4) is 0 Å². The van der Waals surface area contributed by atoms with Crippen LogP contribution in [0, 0.1) is 25.2 Å². The summed E-state index contributed by atoms with van der Waals surface area (Å²) in [4.78, 5) is 46.0. The highest BCUT2D eigenvalue weighted by molar-refractivity contribution is 7.99. The van der Waals surface area contributed by atoms with Crippen molar-refractivity contribution in [2.75, 3.05) is 47.0 Å². The predicted molar refractivity (Wildman–Crippen MR) is 232 cm³/mol. The summed E-state index contributed by atoms with van der Waals surface area (Å²) < 4.78 is 48.1. The number of piperazine rings is 1. The maximum Gasteiger partial charge on any atom is 0.514 e. The molecule has 16 nitrogen and oxygen atoms in total. The van der Waals surface area contributed by atoms with Crippen molar-refractivity contribution in [3.05, 3.63) is 62.7 Å². The third kappa shape index (κ3) is 6.78. The lowest BCUT2D eigenvalue weighted by Crippen LogP contribution is -2.69. The number of phenols is 1. The Morgan fingerprint density at radius 1 is 1.02 bits per heavy atom. The molecule has 2 N–H and O–H groups in total. The Morgan fingerprint density at radius 3 is 2.48 bits per heavy atom. The molecule has 1 unspecified atom stereocenters. The van der Waals surface area contributed by atoms with Crippen LogP contribution in [0.1, 0.15) is 102 Å². The highest BCUT2D eigenvalue weighted by atomic mass is 32.2. The molecule has 0 radical (unpaired) electrons. The van der Waals surface area contributed by atoms with Crippen molar-refractivity contribution in [3.63, 3.8) is 0 Å². The Balaban J connectivity index is 1.27. The third-order valence-electron chi connectivity index (χ3n) is 13.4. The van der Waals surface area contributed by atoms with Gasteiger partial charge in [0.25, 0.3) is 0 Å². The van der Waals surface area contributed by atoms with Gasteiger partial charge in [-0.1, -0.05) is 13.0 Å². The van der Waals surface area contributed by atoms with E-state index >= 15 is 4.79 Å². The van der Waals surface area contributed by atoms with Crippen molar-refractivity contribution in [1.29, 1.82) is 5.26 Å². The second kappa shape index (κ2) is 16.2. The van der Waals surface area contributed by atoms with Crippen molar-refractivity contribution in [2.45, 2.75) is 114 Å². The average molecular weight is 899 g/mol. The van der Waals surface area contributed by atoms with Crippen LogP contribution in [0.25, 0.3) is 0 Å². The number of ether oxygens (including phenoxy) is 8. The molecule has 10 rings (SSSR count). The molecule has 3 aromatic carbocycles. The Hall–Kier alpha value is -5.41. The Morgan fingerprint density at radius 2 is 1.78 bits per heavy atom. The van der Waals surface area contributed by atoms with Crippen LogP contribution in [-0.2, 0) is 37.4 Å². The van der Waals surface area contributed by atoms with Crippen LogP contribution in [0.15, 0.2) is 18.2 Å². The number of fused-ring (bicyclic) bond motifs is 9. The summed E-state index contributed by atoms with van der Waals surface area (Å²) >= 11 is 1.47. The van der Waals surface area contributed by atoms with Crippen molar-refractivity contribution in [1.82, 2.24) is 15.1 Å². The summed E-state index contributed by atoms with van der Waals surface area (Å²) in [7, 11) is 4.98. The van der Waals surface area contributed by atoms with E-state index in [1.807, 2.05) is 33.9 Å². The van der Waals surface area contributed by atoms with Crippen LogP contribution in [-0.4, -0.2) is 104 Å². The van der Waals surface area contributed by atoms with E-state index in [-0.39, 0.29) is 48.9 Å². The molecule has 7 atom stereocenters. The number of rotatable bonds is 6. The number of hydrogen-bond acceptors (Lipinski definition) is 17. The number of aryl methyl sites for hydroxylation is 1. The third-order valence-corrected chi connectivity index (χ3v) is 14.9. The molecule has 7 aliphatic rings. The number of phenolic OH excluding ortho intramolecular Hbond substituents is 1. The monoisotopic (exact) mass is 898 g/mol. The number of benzene rings is 3. The minimum absolute atomic E-state index is 0.0279. The van der Waals surface area contributed by atoms with E-state index < -0.39 is 58.7 Å². The molecule has 3 aromatic rings. The lowest BCUT2D eigenvalue weighted by atomic mass is 9.71. The van der Waals surface area contributed by atoms with Crippen molar-refractivity contribution in [3.8, 4) is 46.3 Å². The summed E-state index contributed by atoms with van der Waals surface area (Å²) in [6.07, 6.45) is 0.800. The zero-order valence-corrected chi connectivity index (χ0v) is 38.4. The van der Waals surface area contributed by atoms with Gasteiger partial charge >= 0.3 is 18.1 Å². The highest BCUT2D eigenvalue weighted by Gasteiger charge is 2.62. The van der Waals surface area contributed by atoms with Crippen LogP contribution < -0.4 is 33.7 Å². The molecule has 0 saturated carbocycles. The van der Waals surface area contributed by atoms with Gasteiger partial charge in [0, 0.05) is 53.1 Å². The van der Waals surface area contributed by atoms with Gasteiger partial charge in [0.1, 0.15) is 24.0 Å². The zero-order valence-electron chi connectivity index (χ0n) is 37.5. The van der Waals surface area contributed by atoms with Gasteiger partial charge in [0.05, 0.1) is 37.6 Å². The first-order valence-corrected chi connectivity index (χ1v) is 22.7. The highest BCUT2D eigenvalue weighted by Crippen LogP contribution is 2.64. The standard InChI is InChI=1S/C47H54N4O12S/c1-10-11-32(52)62-40-23(3)41-42(60-21-59-41)34-29-19-58-44(54)47(26-17-30(56-8)31(16-24(26)12-13-49-47)61-45(55)63-46(4,5)6)20-64-43(35(34)40)37-36-33-25(14-22(2)39(57-9)38(33)53)15-27(50(36)7)28(18-48)51(29)37/h14,16-17,27-29,36-37,43,49,53H,10-13,15,19-21H2,1-9H3/t27-,28-,29-,36-,37?,43+,47+/m0/s1. The Labute approximate surface area is 376 Å². The average Bonchev–Trinajstić information content (AvgIpc) is 3.73. The van der Waals surface area contributed by atoms with Crippen LogP contribution in [0.2, 0.25) is 0 Å². The van der Waals surface area contributed by atoms with E-state index in [0.29, 0.717) is 76.6 Å². The second-order valence-electron chi connectivity index (χ2n) is 18.3. The fourth-order valence-corrected chi connectivity index (χ4v) is 12.5. The van der Waals surface area contributed by atoms with Crippen LogP contribution in [0.4, 0.5) is 4.79 Å². The number of nitrogens with zero attached hydrogens (tertiary/aromatic N) is 3. The van der Waals surface area contributed by atoms with Gasteiger partial charge < -0.3 is 43.0 Å². The first-order chi connectivity index (χ1) is 30.6. The quantitative estimate of drug-likeness (QED) is 0.158. The van der Waals surface area contributed by atoms with E-state index in [1.165, 1.54) is 26.0 Å². The van der Waals surface area contributed by atoms with Gasteiger partial charge in [-0.2, -0.15) is 5.26 Å². The molecular formula is C47H54N4O12S. The second-order valence-corrected chi connectivity index (χ2v) is 19.4. The zero-order chi connectivity index (χ0) is 45.6. The van der Waals surface area contributed by atoms with Crippen LogP contribution in [0.5, 0.6) is 40.2 Å².